The molecule has 0 fully saturated rings. The zero-order valence-electron chi connectivity index (χ0n) is 16.2. The SMILES string of the molecule is C.CC(C)(C)OC(=O)n1ncc2cc(C=O)c(F)cc21.Fc1cc2[nH]ncc2cc1Br. The maximum absolute atomic E-state index is 13.6. The summed E-state index contributed by atoms with van der Waals surface area (Å²) in [7, 11) is 0. The van der Waals surface area contributed by atoms with Gasteiger partial charge in [-0.3, -0.25) is 9.89 Å². The fourth-order valence-electron chi connectivity index (χ4n) is 2.54. The Morgan fingerprint density at radius 1 is 1.13 bits per heavy atom. The number of carbonyl (C=O) groups is 2. The van der Waals surface area contributed by atoms with Crippen molar-refractivity contribution in [1.29, 1.82) is 0 Å². The van der Waals surface area contributed by atoms with Crippen molar-refractivity contribution in [3.05, 3.63) is 58.3 Å². The lowest BCUT2D eigenvalue weighted by Crippen LogP contribution is -2.27. The molecule has 164 valence electrons. The summed E-state index contributed by atoms with van der Waals surface area (Å²) in [6, 6.07) is 5.53. The van der Waals surface area contributed by atoms with E-state index in [9.17, 15) is 18.4 Å². The summed E-state index contributed by atoms with van der Waals surface area (Å²) in [5.74, 6) is -0.977. The van der Waals surface area contributed by atoms with Gasteiger partial charge in [-0.2, -0.15) is 14.9 Å². The molecule has 10 heteroatoms. The quantitative estimate of drug-likeness (QED) is 0.334. The molecule has 4 rings (SSSR count). The number of hydrogen-bond acceptors (Lipinski definition) is 5. The third kappa shape index (κ3) is 5.52. The number of halogens is 3. The number of aromatic nitrogens is 4. The fraction of sp³-hybridized carbons (Fsp3) is 0.238. The number of hydrogen-bond donors (Lipinski definition) is 1. The Labute approximate surface area is 185 Å². The zero-order chi connectivity index (χ0) is 22.1. The Morgan fingerprint density at radius 2 is 1.84 bits per heavy atom. The van der Waals surface area contributed by atoms with Crippen LogP contribution in [0.2, 0.25) is 0 Å². The number of rotatable bonds is 1. The van der Waals surface area contributed by atoms with E-state index in [2.05, 4.69) is 31.2 Å². The van der Waals surface area contributed by atoms with E-state index in [1.54, 1.807) is 33.0 Å². The van der Waals surface area contributed by atoms with Crippen LogP contribution < -0.4 is 0 Å². The average Bonchev–Trinajstić information content (AvgIpc) is 3.26. The number of nitrogens with zero attached hydrogens (tertiary/aromatic N) is 3. The van der Waals surface area contributed by atoms with Gasteiger partial charge in [0, 0.05) is 22.9 Å². The number of H-pyrrole nitrogens is 1. The molecule has 0 aliphatic carbocycles. The van der Waals surface area contributed by atoms with E-state index in [0.29, 0.717) is 21.7 Å². The van der Waals surface area contributed by atoms with Crippen LogP contribution in [0.4, 0.5) is 13.6 Å². The second-order valence-corrected chi connectivity index (χ2v) is 8.17. The molecule has 2 heterocycles. The highest BCUT2D eigenvalue weighted by Gasteiger charge is 2.20. The summed E-state index contributed by atoms with van der Waals surface area (Å²) >= 11 is 3.08. The van der Waals surface area contributed by atoms with Crippen LogP contribution in [0.3, 0.4) is 0 Å². The molecule has 2 aromatic heterocycles. The molecule has 0 bridgehead atoms. The second kappa shape index (κ2) is 9.34. The summed E-state index contributed by atoms with van der Waals surface area (Å²) in [6.07, 6.45) is 2.76. The molecule has 0 amide bonds. The number of ether oxygens (including phenoxy) is 1. The second-order valence-electron chi connectivity index (χ2n) is 7.31. The minimum atomic E-state index is -0.701. The van der Waals surface area contributed by atoms with Crippen molar-refractivity contribution in [1.82, 2.24) is 20.0 Å². The Kier molecular flexibility index (Phi) is 7.27. The van der Waals surface area contributed by atoms with Gasteiger partial charge in [-0.1, -0.05) is 7.43 Å². The summed E-state index contributed by atoms with van der Waals surface area (Å²) in [5.41, 5.74) is 0.232. The predicted octanol–water partition coefficient (Wildman–Crippen LogP) is 5.87. The molecule has 0 radical (unpaired) electrons. The Bertz CT molecular complexity index is 1210. The van der Waals surface area contributed by atoms with Crippen molar-refractivity contribution < 1.29 is 23.1 Å². The lowest BCUT2D eigenvalue weighted by atomic mass is 10.1. The van der Waals surface area contributed by atoms with Gasteiger partial charge in [0.2, 0.25) is 0 Å². The molecule has 0 atom stereocenters. The van der Waals surface area contributed by atoms with E-state index < -0.39 is 17.5 Å². The molecule has 2 aromatic carbocycles. The van der Waals surface area contributed by atoms with E-state index in [0.717, 1.165) is 16.1 Å². The van der Waals surface area contributed by atoms with Crippen LogP contribution in [0, 0.1) is 11.6 Å². The molecular formula is C21H21BrF2N4O3. The highest BCUT2D eigenvalue weighted by molar-refractivity contribution is 9.10. The Balaban J connectivity index is 0.000000242. The largest absolute Gasteiger partial charge is 0.442 e. The van der Waals surface area contributed by atoms with Crippen molar-refractivity contribution in [2.24, 2.45) is 0 Å². The maximum atomic E-state index is 13.6. The summed E-state index contributed by atoms with van der Waals surface area (Å²) in [6.45, 7) is 5.17. The van der Waals surface area contributed by atoms with Crippen molar-refractivity contribution in [3.8, 4) is 0 Å². The Morgan fingerprint density at radius 3 is 2.48 bits per heavy atom. The van der Waals surface area contributed by atoms with Crippen molar-refractivity contribution >= 4 is 50.1 Å². The molecule has 0 aliphatic heterocycles. The summed E-state index contributed by atoms with van der Waals surface area (Å²) in [5, 5.41) is 11.7. The lowest BCUT2D eigenvalue weighted by Gasteiger charge is -2.19. The maximum Gasteiger partial charge on any atom is 0.435 e. The van der Waals surface area contributed by atoms with Gasteiger partial charge in [0.05, 0.1) is 33.5 Å². The minimum Gasteiger partial charge on any atom is -0.442 e. The van der Waals surface area contributed by atoms with Crippen molar-refractivity contribution in [3.63, 3.8) is 0 Å². The first-order chi connectivity index (χ1) is 14.1. The van der Waals surface area contributed by atoms with E-state index in [4.69, 9.17) is 4.74 Å². The van der Waals surface area contributed by atoms with Gasteiger partial charge in [0.25, 0.3) is 0 Å². The standard InChI is InChI=1S/C13H13FN2O3.C7H4BrFN2.CH4/c1-13(2,3)19-12(18)16-11-5-10(14)9(7-17)4-8(11)6-15-16;8-5-1-4-3-10-11-7(4)2-6(5)9;/h4-7H,1-3H3;1-3H,(H,10,11);1H4. The highest BCUT2D eigenvalue weighted by Crippen LogP contribution is 2.21. The van der Waals surface area contributed by atoms with Crippen LogP contribution in [0.25, 0.3) is 21.8 Å². The van der Waals surface area contributed by atoms with Gasteiger partial charge < -0.3 is 4.74 Å². The van der Waals surface area contributed by atoms with Crippen LogP contribution in [0.5, 0.6) is 0 Å². The van der Waals surface area contributed by atoms with Crippen LogP contribution in [-0.2, 0) is 4.74 Å². The number of aldehydes is 1. The predicted molar refractivity (Wildman–Crippen MR) is 117 cm³/mol. The molecule has 4 aromatic rings. The number of nitrogens with one attached hydrogen (secondary N) is 1. The normalized spacial score (nSPS) is 10.9. The first-order valence-corrected chi connectivity index (χ1v) is 9.52. The minimum absolute atomic E-state index is 0. The smallest absolute Gasteiger partial charge is 0.435 e. The number of carbonyl (C=O) groups excluding carboxylic acids is 2. The van der Waals surface area contributed by atoms with E-state index in [-0.39, 0.29) is 24.3 Å². The first-order valence-electron chi connectivity index (χ1n) is 8.73. The third-order valence-electron chi connectivity index (χ3n) is 3.86. The molecule has 0 spiro atoms. The first kappa shape index (κ1) is 24.1. The molecule has 0 unspecified atom stereocenters. The number of fused-ring (bicyclic) bond motifs is 2. The van der Waals surface area contributed by atoms with Crippen molar-refractivity contribution in [2.75, 3.05) is 0 Å². The zero-order valence-corrected chi connectivity index (χ0v) is 17.8. The molecule has 0 saturated carbocycles. The average molecular weight is 495 g/mol. The monoisotopic (exact) mass is 494 g/mol. The lowest BCUT2D eigenvalue weighted by molar-refractivity contribution is 0.0522. The van der Waals surface area contributed by atoms with Gasteiger partial charge in [-0.15, -0.1) is 0 Å². The topological polar surface area (TPSA) is 89.9 Å². The molecule has 0 aliphatic rings. The Hall–Kier alpha value is -3.14. The van der Waals surface area contributed by atoms with Crippen LogP contribution in [0.1, 0.15) is 38.6 Å². The molecule has 7 nitrogen and oxygen atoms in total. The van der Waals surface area contributed by atoms with E-state index in [1.807, 2.05) is 0 Å². The van der Waals surface area contributed by atoms with Gasteiger partial charge in [-0.25, -0.2) is 13.6 Å². The van der Waals surface area contributed by atoms with E-state index in [1.165, 1.54) is 18.3 Å². The van der Waals surface area contributed by atoms with E-state index >= 15 is 0 Å². The highest BCUT2D eigenvalue weighted by atomic mass is 79.9. The van der Waals surface area contributed by atoms with Gasteiger partial charge in [0.15, 0.2) is 6.29 Å². The van der Waals surface area contributed by atoms with Crippen LogP contribution >= 0.6 is 15.9 Å². The number of benzene rings is 2. The summed E-state index contributed by atoms with van der Waals surface area (Å²) in [4.78, 5) is 22.5. The van der Waals surface area contributed by atoms with Gasteiger partial charge in [0.1, 0.15) is 17.2 Å². The van der Waals surface area contributed by atoms with Crippen LogP contribution in [-0.4, -0.2) is 38.0 Å². The van der Waals surface area contributed by atoms with Crippen molar-refractivity contribution in [2.45, 2.75) is 33.8 Å². The molecule has 31 heavy (non-hydrogen) atoms. The number of aromatic amines is 1. The third-order valence-corrected chi connectivity index (χ3v) is 4.47. The molecule has 1 N–H and O–H groups in total. The molecule has 0 saturated heterocycles. The van der Waals surface area contributed by atoms with Gasteiger partial charge >= 0.3 is 6.09 Å². The van der Waals surface area contributed by atoms with Gasteiger partial charge in [-0.05, 0) is 48.8 Å². The molecular weight excluding hydrogens is 474 g/mol. The fourth-order valence-corrected chi connectivity index (χ4v) is 2.91. The van der Waals surface area contributed by atoms with Crippen LogP contribution in [0.15, 0.2) is 41.1 Å². The summed E-state index contributed by atoms with van der Waals surface area (Å²) < 4.78 is 33.0.